The Bertz CT molecular complexity index is 934. The molecule has 0 unspecified atom stereocenters. The van der Waals surface area contributed by atoms with Gasteiger partial charge in [-0.1, -0.05) is 32.8 Å². The van der Waals surface area contributed by atoms with Gasteiger partial charge < -0.3 is 9.88 Å². The molecule has 5 heteroatoms. The van der Waals surface area contributed by atoms with Crippen LogP contribution in [0.3, 0.4) is 0 Å². The average molecular weight is 396 g/mol. The normalized spacial score (nSPS) is 15.0. The SMILES string of the molecule is CCC(CC)n1c(Cc2cccs2)nc2cc(C(=O)NC3CCCC3)ccc21. The van der Waals surface area contributed by atoms with Gasteiger partial charge in [0, 0.05) is 28.9 Å². The molecule has 0 atom stereocenters. The van der Waals surface area contributed by atoms with E-state index in [0.717, 1.165) is 54.5 Å². The summed E-state index contributed by atoms with van der Waals surface area (Å²) in [7, 11) is 0. The standard InChI is InChI=1S/C23H29N3OS/c1-3-18(4-2)26-21-12-11-16(23(27)24-17-8-5-6-9-17)14-20(21)25-22(26)15-19-10-7-13-28-19/h7,10-14,17-18H,3-6,8-9,15H2,1-2H3,(H,24,27). The summed E-state index contributed by atoms with van der Waals surface area (Å²) in [4.78, 5) is 19.0. The number of hydrogen-bond donors (Lipinski definition) is 1. The number of hydrogen-bond acceptors (Lipinski definition) is 3. The molecule has 2 aromatic heterocycles. The van der Waals surface area contributed by atoms with Crippen molar-refractivity contribution in [2.45, 2.75) is 70.9 Å². The highest BCUT2D eigenvalue weighted by Crippen LogP contribution is 2.28. The van der Waals surface area contributed by atoms with Crippen LogP contribution >= 0.6 is 11.3 Å². The van der Waals surface area contributed by atoms with Crippen molar-refractivity contribution in [1.29, 1.82) is 0 Å². The number of nitrogens with zero attached hydrogens (tertiary/aromatic N) is 2. The third-order valence-corrected chi connectivity index (χ3v) is 6.81. The van der Waals surface area contributed by atoms with Crippen molar-refractivity contribution in [1.82, 2.24) is 14.9 Å². The number of carbonyl (C=O) groups is 1. The smallest absolute Gasteiger partial charge is 0.251 e. The van der Waals surface area contributed by atoms with E-state index >= 15 is 0 Å². The number of carbonyl (C=O) groups excluding carboxylic acids is 1. The number of fused-ring (bicyclic) bond motifs is 1. The zero-order chi connectivity index (χ0) is 19.5. The molecule has 3 aromatic rings. The minimum atomic E-state index is 0.0330. The van der Waals surface area contributed by atoms with Gasteiger partial charge in [-0.3, -0.25) is 4.79 Å². The molecule has 1 fully saturated rings. The van der Waals surface area contributed by atoms with Crippen molar-refractivity contribution in [2.75, 3.05) is 0 Å². The first-order valence-corrected chi connectivity index (χ1v) is 11.4. The van der Waals surface area contributed by atoms with E-state index < -0.39 is 0 Å². The first-order valence-electron chi connectivity index (χ1n) is 10.5. The summed E-state index contributed by atoms with van der Waals surface area (Å²) < 4.78 is 2.40. The molecule has 0 spiro atoms. The Hall–Kier alpha value is -2.14. The van der Waals surface area contributed by atoms with Crippen LogP contribution in [0, 0.1) is 0 Å². The van der Waals surface area contributed by atoms with E-state index in [1.54, 1.807) is 11.3 Å². The molecule has 0 aliphatic heterocycles. The Morgan fingerprint density at radius 3 is 2.71 bits per heavy atom. The van der Waals surface area contributed by atoms with Crippen molar-refractivity contribution in [3.63, 3.8) is 0 Å². The Kier molecular flexibility index (Phi) is 5.81. The fraction of sp³-hybridized carbons (Fsp3) is 0.478. The lowest BCUT2D eigenvalue weighted by Gasteiger charge is -2.19. The lowest BCUT2D eigenvalue weighted by Crippen LogP contribution is -2.32. The largest absolute Gasteiger partial charge is 0.349 e. The van der Waals surface area contributed by atoms with E-state index in [-0.39, 0.29) is 5.91 Å². The summed E-state index contributed by atoms with van der Waals surface area (Å²) in [5, 5.41) is 5.31. The van der Waals surface area contributed by atoms with Crippen LogP contribution in [0.2, 0.25) is 0 Å². The van der Waals surface area contributed by atoms with Gasteiger partial charge in [-0.15, -0.1) is 11.3 Å². The van der Waals surface area contributed by atoms with Crippen LogP contribution < -0.4 is 5.32 Å². The highest BCUT2D eigenvalue weighted by molar-refractivity contribution is 7.09. The fourth-order valence-electron chi connectivity index (χ4n) is 4.38. The van der Waals surface area contributed by atoms with Crippen molar-refractivity contribution in [3.05, 3.63) is 52.0 Å². The van der Waals surface area contributed by atoms with Gasteiger partial charge in [-0.05, 0) is 55.3 Å². The lowest BCUT2D eigenvalue weighted by atomic mass is 10.1. The molecule has 1 amide bonds. The first kappa shape index (κ1) is 19.2. The monoisotopic (exact) mass is 395 g/mol. The molecule has 0 saturated heterocycles. The zero-order valence-electron chi connectivity index (χ0n) is 16.8. The lowest BCUT2D eigenvalue weighted by molar-refractivity contribution is 0.0938. The minimum absolute atomic E-state index is 0.0330. The predicted molar refractivity (Wildman–Crippen MR) is 116 cm³/mol. The second kappa shape index (κ2) is 8.48. The van der Waals surface area contributed by atoms with E-state index in [2.05, 4.69) is 47.3 Å². The summed E-state index contributed by atoms with van der Waals surface area (Å²) in [6.45, 7) is 4.47. The molecule has 1 aliphatic rings. The summed E-state index contributed by atoms with van der Waals surface area (Å²) in [5.41, 5.74) is 2.78. The summed E-state index contributed by atoms with van der Waals surface area (Å²) in [6, 6.07) is 11.0. The minimum Gasteiger partial charge on any atom is -0.349 e. The van der Waals surface area contributed by atoms with Crippen molar-refractivity contribution in [2.24, 2.45) is 0 Å². The van der Waals surface area contributed by atoms with Crippen LogP contribution in [-0.2, 0) is 6.42 Å². The molecule has 4 rings (SSSR count). The van der Waals surface area contributed by atoms with Gasteiger partial charge in [0.1, 0.15) is 5.82 Å². The van der Waals surface area contributed by atoms with Crippen molar-refractivity contribution < 1.29 is 4.79 Å². The number of aromatic nitrogens is 2. The van der Waals surface area contributed by atoms with Gasteiger partial charge in [0.15, 0.2) is 0 Å². The van der Waals surface area contributed by atoms with Gasteiger partial charge in [-0.25, -0.2) is 4.98 Å². The van der Waals surface area contributed by atoms with Crippen molar-refractivity contribution in [3.8, 4) is 0 Å². The maximum atomic E-state index is 12.7. The van der Waals surface area contributed by atoms with E-state index in [1.165, 1.54) is 17.7 Å². The predicted octanol–water partition coefficient (Wildman–Crippen LogP) is 5.72. The highest BCUT2D eigenvalue weighted by Gasteiger charge is 2.21. The molecule has 148 valence electrons. The average Bonchev–Trinajstić information content (AvgIpc) is 3.45. The van der Waals surface area contributed by atoms with Crippen LogP contribution in [0.5, 0.6) is 0 Å². The topological polar surface area (TPSA) is 46.9 Å². The Morgan fingerprint density at radius 1 is 1.25 bits per heavy atom. The molecule has 1 aliphatic carbocycles. The number of rotatable bonds is 7. The molecule has 1 aromatic carbocycles. The van der Waals surface area contributed by atoms with Crippen LogP contribution in [0.15, 0.2) is 35.7 Å². The number of benzene rings is 1. The maximum absolute atomic E-state index is 12.7. The van der Waals surface area contributed by atoms with Crippen LogP contribution in [0.25, 0.3) is 11.0 Å². The number of thiophene rings is 1. The van der Waals surface area contributed by atoms with Crippen LogP contribution in [-0.4, -0.2) is 21.5 Å². The fourth-order valence-corrected chi connectivity index (χ4v) is 5.09. The van der Waals surface area contributed by atoms with E-state index in [1.807, 2.05) is 12.1 Å². The van der Waals surface area contributed by atoms with Crippen molar-refractivity contribution >= 4 is 28.3 Å². The number of imidazole rings is 1. The third kappa shape index (κ3) is 3.86. The zero-order valence-corrected chi connectivity index (χ0v) is 17.6. The summed E-state index contributed by atoms with van der Waals surface area (Å²) in [5.74, 6) is 1.13. The van der Waals surface area contributed by atoms with Crippen LogP contribution in [0.1, 0.15) is 79.5 Å². The Balaban J connectivity index is 1.69. The number of amides is 1. The van der Waals surface area contributed by atoms with Gasteiger partial charge in [0.05, 0.1) is 11.0 Å². The molecule has 1 saturated carbocycles. The van der Waals surface area contributed by atoms with E-state index in [9.17, 15) is 4.79 Å². The molecular formula is C23H29N3OS. The summed E-state index contributed by atoms with van der Waals surface area (Å²) >= 11 is 1.77. The quantitative estimate of drug-likeness (QED) is 0.556. The van der Waals surface area contributed by atoms with E-state index in [0.29, 0.717) is 12.1 Å². The van der Waals surface area contributed by atoms with Gasteiger partial charge in [-0.2, -0.15) is 0 Å². The number of nitrogens with one attached hydrogen (secondary N) is 1. The molecule has 2 heterocycles. The Labute approximate surface area is 171 Å². The van der Waals surface area contributed by atoms with Gasteiger partial charge in [0.25, 0.3) is 5.91 Å². The second-order valence-electron chi connectivity index (χ2n) is 7.78. The van der Waals surface area contributed by atoms with Gasteiger partial charge >= 0.3 is 0 Å². The molecule has 1 N–H and O–H groups in total. The Morgan fingerprint density at radius 2 is 2.04 bits per heavy atom. The molecule has 0 bridgehead atoms. The van der Waals surface area contributed by atoms with E-state index in [4.69, 9.17) is 4.98 Å². The maximum Gasteiger partial charge on any atom is 0.251 e. The third-order valence-electron chi connectivity index (χ3n) is 5.94. The highest BCUT2D eigenvalue weighted by atomic mass is 32.1. The van der Waals surface area contributed by atoms with Gasteiger partial charge in [0.2, 0.25) is 0 Å². The molecule has 0 radical (unpaired) electrons. The summed E-state index contributed by atoms with van der Waals surface area (Å²) in [6.07, 6.45) is 7.62. The van der Waals surface area contributed by atoms with Crippen LogP contribution in [0.4, 0.5) is 0 Å². The molecular weight excluding hydrogens is 366 g/mol. The molecule has 4 nitrogen and oxygen atoms in total. The second-order valence-corrected chi connectivity index (χ2v) is 8.82. The molecule has 28 heavy (non-hydrogen) atoms. The first-order chi connectivity index (χ1) is 13.7.